The first kappa shape index (κ1) is 10.1. The molecule has 0 atom stereocenters. The zero-order valence-electron chi connectivity index (χ0n) is 6.47. The highest BCUT2D eigenvalue weighted by Crippen LogP contribution is 2.13. The maximum absolute atomic E-state index is 11.8. The molecule has 0 fully saturated rings. The van der Waals surface area contributed by atoms with Gasteiger partial charge in [-0.05, 0) is 15.9 Å². The second-order valence-corrected chi connectivity index (χ2v) is 3.02. The highest BCUT2D eigenvalue weighted by molar-refractivity contribution is 9.10. The van der Waals surface area contributed by atoms with Crippen molar-refractivity contribution in [3.8, 4) is 0 Å². The van der Waals surface area contributed by atoms with Crippen molar-refractivity contribution in [1.82, 2.24) is 9.97 Å². The maximum atomic E-state index is 11.8. The lowest BCUT2D eigenvalue weighted by atomic mass is 10.5. The van der Waals surface area contributed by atoms with Gasteiger partial charge in [0.25, 0.3) is 6.43 Å². The number of nitrogen functional groups attached to an aromatic ring is 1. The fraction of sp³-hybridized carbons (Fsp3) is 0.333. The molecule has 1 aromatic heterocycles. The molecule has 3 N–H and O–H groups in total. The van der Waals surface area contributed by atoms with Gasteiger partial charge in [-0.25, -0.2) is 13.8 Å². The summed E-state index contributed by atoms with van der Waals surface area (Å²) in [6, 6.07) is 1.47. The lowest BCUT2D eigenvalue weighted by Crippen LogP contribution is -2.12. The Kier molecular flexibility index (Phi) is 3.35. The van der Waals surface area contributed by atoms with Gasteiger partial charge < -0.3 is 11.1 Å². The van der Waals surface area contributed by atoms with E-state index in [1.54, 1.807) is 0 Å². The van der Waals surface area contributed by atoms with E-state index in [1.807, 2.05) is 0 Å². The zero-order valence-corrected chi connectivity index (χ0v) is 8.05. The van der Waals surface area contributed by atoms with Crippen LogP contribution < -0.4 is 11.1 Å². The molecule has 1 heterocycles. The minimum atomic E-state index is -2.42. The Hall–Kier alpha value is -0.980. The summed E-state index contributed by atoms with van der Waals surface area (Å²) in [4.78, 5) is 7.42. The first-order valence-electron chi connectivity index (χ1n) is 3.40. The molecule has 0 aromatic carbocycles. The first-order valence-corrected chi connectivity index (χ1v) is 4.19. The minimum absolute atomic E-state index is 0.0335. The topological polar surface area (TPSA) is 63.8 Å². The van der Waals surface area contributed by atoms with Crippen LogP contribution in [0.3, 0.4) is 0 Å². The van der Waals surface area contributed by atoms with Crippen LogP contribution in [0.2, 0.25) is 0 Å². The Bertz CT molecular complexity index is 274. The normalized spacial score (nSPS) is 10.5. The molecule has 0 radical (unpaired) electrons. The predicted molar refractivity (Wildman–Crippen MR) is 48.6 cm³/mol. The van der Waals surface area contributed by atoms with E-state index >= 15 is 0 Å². The van der Waals surface area contributed by atoms with Gasteiger partial charge in [0, 0.05) is 6.07 Å². The van der Waals surface area contributed by atoms with E-state index < -0.39 is 13.0 Å². The molecule has 0 spiro atoms. The molecule has 0 aliphatic rings. The monoisotopic (exact) mass is 252 g/mol. The number of aromatic nitrogens is 2. The number of halogens is 3. The van der Waals surface area contributed by atoms with Crippen molar-refractivity contribution in [1.29, 1.82) is 0 Å². The molecule has 7 heteroatoms. The molecule has 0 amide bonds. The Morgan fingerprint density at radius 3 is 2.77 bits per heavy atom. The second-order valence-electron chi connectivity index (χ2n) is 2.21. The van der Waals surface area contributed by atoms with Crippen molar-refractivity contribution in [2.45, 2.75) is 6.43 Å². The van der Waals surface area contributed by atoms with Crippen LogP contribution in [0.25, 0.3) is 0 Å². The number of hydrogen-bond acceptors (Lipinski definition) is 4. The second kappa shape index (κ2) is 4.31. The van der Waals surface area contributed by atoms with Crippen molar-refractivity contribution >= 4 is 27.7 Å². The molecule has 0 aliphatic carbocycles. The highest BCUT2D eigenvalue weighted by atomic mass is 79.9. The van der Waals surface area contributed by atoms with Crippen LogP contribution in [0.1, 0.15) is 0 Å². The summed E-state index contributed by atoms with van der Waals surface area (Å²) in [5, 5.41) is 2.41. The molecular weight excluding hydrogens is 246 g/mol. The van der Waals surface area contributed by atoms with Crippen molar-refractivity contribution in [3.63, 3.8) is 0 Å². The maximum Gasteiger partial charge on any atom is 0.255 e. The molecule has 0 bridgehead atoms. The van der Waals surface area contributed by atoms with E-state index in [2.05, 4.69) is 31.2 Å². The zero-order chi connectivity index (χ0) is 9.84. The molecule has 0 saturated heterocycles. The molecular formula is C6H7BrF2N4. The van der Waals surface area contributed by atoms with Crippen molar-refractivity contribution < 1.29 is 8.78 Å². The van der Waals surface area contributed by atoms with Crippen LogP contribution in [0.5, 0.6) is 0 Å². The van der Waals surface area contributed by atoms with Gasteiger partial charge in [-0.15, -0.1) is 0 Å². The Balaban J connectivity index is 2.66. The number of nitrogens with two attached hydrogens (primary N) is 1. The molecule has 4 nitrogen and oxygen atoms in total. The first-order chi connectivity index (χ1) is 6.08. The highest BCUT2D eigenvalue weighted by Gasteiger charge is 2.04. The Morgan fingerprint density at radius 2 is 2.23 bits per heavy atom. The summed E-state index contributed by atoms with van der Waals surface area (Å²) in [5.74, 6) is 0.311. The van der Waals surface area contributed by atoms with E-state index in [4.69, 9.17) is 5.73 Å². The molecule has 1 aromatic rings. The molecule has 1 rings (SSSR count). The van der Waals surface area contributed by atoms with Gasteiger partial charge in [0.15, 0.2) is 0 Å². The van der Waals surface area contributed by atoms with Gasteiger partial charge in [-0.1, -0.05) is 0 Å². The van der Waals surface area contributed by atoms with E-state index in [9.17, 15) is 8.78 Å². The van der Waals surface area contributed by atoms with Crippen LogP contribution in [-0.4, -0.2) is 22.9 Å². The third kappa shape index (κ3) is 3.49. The molecule has 0 saturated carbocycles. The van der Waals surface area contributed by atoms with Crippen LogP contribution in [-0.2, 0) is 0 Å². The number of hydrogen-bond donors (Lipinski definition) is 2. The Labute approximate surface area is 81.7 Å². The molecule has 0 unspecified atom stereocenters. The van der Waals surface area contributed by atoms with Crippen molar-refractivity contribution in [2.24, 2.45) is 0 Å². The summed E-state index contributed by atoms with van der Waals surface area (Å²) < 4.78 is 24.0. The number of alkyl halides is 2. The van der Waals surface area contributed by atoms with E-state index in [-0.39, 0.29) is 11.8 Å². The third-order valence-corrected chi connectivity index (χ3v) is 1.56. The Morgan fingerprint density at radius 1 is 1.54 bits per heavy atom. The number of nitrogens with zero attached hydrogens (tertiary/aromatic N) is 2. The van der Waals surface area contributed by atoms with Gasteiger partial charge in [0.2, 0.25) is 5.95 Å². The van der Waals surface area contributed by atoms with Gasteiger partial charge in [0.05, 0.1) is 6.54 Å². The average molecular weight is 253 g/mol. The summed E-state index contributed by atoms with van der Waals surface area (Å²) >= 11 is 3.06. The smallest absolute Gasteiger partial charge is 0.255 e. The van der Waals surface area contributed by atoms with Gasteiger partial charge in [-0.3, -0.25) is 0 Å². The quantitative estimate of drug-likeness (QED) is 0.801. The van der Waals surface area contributed by atoms with Crippen molar-refractivity contribution in [2.75, 3.05) is 17.6 Å². The van der Waals surface area contributed by atoms with Gasteiger partial charge in [0.1, 0.15) is 10.4 Å². The molecule has 13 heavy (non-hydrogen) atoms. The van der Waals surface area contributed by atoms with Crippen LogP contribution in [0, 0.1) is 0 Å². The fourth-order valence-electron chi connectivity index (χ4n) is 0.707. The van der Waals surface area contributed by atoms with Crippen LogP contribution >= 0.6 is 15.9 Å². The lowest BCUT2D eigenvalue weighted by molar-refractivity contribution is 0.163. The average Bonchev–Trinajstić information content (AvgIpc) is 1.99. The fourth-order valence-corrected chi connectivity index (χ4v) is 1.11. The van der Waals surface area contributed by atoms with E-state index in [0.717, 1.165) is 0 Å². The third-order valence-electron chi connectivity index (χ3n) is 1.15. The lowest BCUT2D eigenvalue weighted by Gasteiger charge is -2.04. The summed E-state index contributed by atoms with van der Waals surface area (Å²) in [7, 11) is 0. The molecule has 0 aliphatic heterocycles. The number of anilines is 2. The summed E-state index contributed by atoms with van der Waals surface area (Å²) in [5.41, 5.74) is 5.29. The van der Waals surface area contributed by atoms with Crippen molar-refractivity contribution in [3.05, 3.63) is 10.7 Å². The van der Waals surface area contributed by atoms with Crippen LogP contribution in [0.4, 0.5) is 20.5 Å². The summed E-state index contributed by atoms with van der Waals surface area (Å²) in [6.45, 7) is -0.455. The number of nitrogens with one attached hydrogen (secondary N) is 1. The van der Waals surface area contributed by atoms with Gasteiger partial charge >= 0.3 is 0 Å². The van der Waals surface area contributed by atoms with E-state index in [1.165, 1.54) is 6.07 Å². The SMILES string of the molecule is Nc1nc(Br)cc(NCC(F)F)n1. The predicted octanol–water partition coefficient (Wildman–Crippen LogP) is 1.50. The van der Waals surface area contributed by atoms with Gasteiger partial charge in [-0.2, -0.15) is 4.98 Å². The minimum Gasteiger partial charge on any atom is -0.368 e. The number of rotatable bonds is 3. The molecule has 72 valence electrons. The van der Waals surface area contributed by atoms with Crippen LogP contribution in [0.15, 0.2) is 10.7 Å². The van der Waals surface area contributed by atoms with E-state index in [0.29, 0.717) is 4.60 Å². The summed E-state index contributed by atoms with van der Waals surface area (Å²) in [6.07, 6.45) is -2.42. The largest absolute Gasteiger partial charge is 0.368 e. The standard InChI is InChI=1S/C6H7BrF2N4/c7-3-1-5(11-2-4(8)9)13-6(10)12-3/h1,4H,2H2,(H3,10,11,12,13).